The number of nitrogens with one attached hydrogen (secondary N) is 1. The van der Waals surface area contributed by atoms with E-state index in [1.165, 1.54) is 0 Å². The molecular weight excluding hydrogens is 418 g/mol. The van der Waals surface area contributed by atoms with E-state index in [1.807, 2.05) is 32.0 Å². The van der Waals surface area contributed by atoms with Crippen LogP contribution in [0.1, 0.15) is 31.4 Å². The molecule has 0 aromatic heterocycles. The van der Waals surface area contributed by atoms with Gasteiger partial charge in [-0.3, -0.25) is 9.59 Å². The number of carbonyl (C=O) groups is 2. The van der Waals surface area contributed by atoms with E-state index in [0.29, 0.717) is 30.3 Å². The zero-order valence-corrected chi connectivity index (χ0v) is 20.3. The molecule has 7 nitrogen and oxygen atoms in total. The van der Waals surface area contributed by atoms with E-state index in [2.05, 4.69) is 24.1 Å². The lowest BCUT2D eigenvalue weighted by atomic mass is 10.1. The van der Waals surface area contributed by atoms with Crippen LogP contribution >= 0.6 is 0 Å². The highest BCUT2D eigenvalue weighted by atomic mass is 16.5. The van der Waals surface area contributed by atoms with Crippen molar-refractivity contribution in [3.63, 3.8) is 0 Å². The van der Waals surface area contributed by atoms with Crippen LogP contribution in [-0.2, 0) is 9.59 Å². The molecule has 1 saturated heterocycles. The van der Waals surface area contributed by atoms with Crippen LogP contribution in [0.5, 0.6) is 11.5 Å². The van der Waals surface area contributed by atoms with Gasteiger partial charge in [-0.1, -0.05) is 26.0 Å². The number of nitrogens with zero attached hydrogens (tertiary/aromatic N) is 2. The minimum Gasteiger partial charge on any atom is -0.493 e. The van der Waals surface area contributed by atoms with Crippen molar-refractivity contribution in [2.45, 2.75) is 34.1 Å². The van der Waals surface area contributed by atoms with E-state index in [1.54, 1.807) is 30.2 Å². The van der Waals surface area contributed by atoms with Gasteiger partial charge in [-0.15, -0.1) is 0 Å². The standard InChI is InChI=1S/C26H35N3O4/c1-6-28(7-2)13-14-33-24-16-21(11-12-23(24)32-5)27-26(31)20-15-25(30)29(17-20)22-10-8-9-18(3)19(22)4/h8-12,16,20H,6-7,13-15,17H2,1-5H3,(H,27,31). The molecule has 0 bridgehead atoms. The first kappa shape index (κ1) is 24.6. The highest BCUT2D eigenvalue weighted by Gasteiger charge is 2.35. The number of rotatable bonds is 10. The van der Waals surface area contributed by atoms with Crippen molar-refractivity contribution in [2.75, 3.05) is 50.1 Å². The highest BCUT2D eigenvalue weighted by molar-refractivity contribution is 6.04. The molecule has 2 amide bonds. The van der Waals surface area contributed by atoms with Crippen molar-refractivity contribution >= 4 is 23.2 Å². The Morgan fingerprint density at radius 3 is 2.61 bits per heavy atom. The van der Waals surface area contributed by atoms with Gasteiger partial charge in [0.15, 0.2) is 11.5 Å². The zero-order chi connectivity index (χ0) is 24.0. The third-order valence-corrected chi connectivity index (χ3v) is 6.35. The lowest BCUT2D eigenvalue weighted by Gasteiger charge is -2.20. The molecule has 1 heterocycles. The minimum atomic E-state index is -0.411. The third kappa shape index (κ3) is 5.85. The van der Waals surface area contributed by atoms with Gasteiger partial charge in [0.05, 0.1) is 13.0 Å². The second kappa shape index (κ2) is 11.2. The largest absolute Gasteiger partial charge is 0.493 e. The van der Waals surface area contributed by atoms with Gasteiger partial charge in [-0.05, 0) is 56.3 Å². The van der Waals surface area contributed by atoms with Crippen molar-refractivity contribution in [1.29, 1.82) is 0 Å². The summed E-state index contributed by atoms with van der Waals surface area (Å²) in [4.78, 5) is 29.6. The molecule has 2 aromatic carbocycles. The number of hydrogen-bond donors (Lipinski definition) is 1. The van der Waals surface area contributed by atoms with Crippen molar-refractivity contribution < 1.29 is 19.1 Å². The number of amides is 2. The fourth-order valence-electron chi connectivity index (χ4n) is 4.08. The van der Waals surface area contributed by atoms with Gasteiger partial charge in [0.2, 0.25) is 11.8 Å². The van der Waals surface area contributed by atoms with Crippen LogP contribution in [0.25, 0.3) is 0 Å². The summed E-state index contributed by atoms with van der Waals surface area (Å²) >= 11 is 0. The zero-order valence-electron chi connectivity index (χ0n) is 20.3. The van der Waals surface area contributed by atoms with E-state index in [9.17, 15) is 9.59 Å². The molecule has 33 heavy (non-hydrogen) atoms. The quantitative estimate of drug-likeness (QED) is 0.588. The fraction of sp³-hybridized carbons (Fsp3) is 0.462. The van der Waals surface area contributed by atoms with Crippen LogP contribution in [-0.4, -0.2) is 56.6 Å². The van der Waals surface area contributed by atoms with Crippen molar-refractivity contribution in [2.24, 2.45) is 5.92 Å². The van der Waals surface area contributed by atoms with Gasteiger partial charge in [0.25, 0.3) is 0 Å². The molecule has 7 heteroatoms. The summed E-state index contributed by atoms with van der Waals surface area (Å²) in [6, 6.07) is 11.2. The van der Waals surface area contributed by atoms with Gasteiger partial charge < -0.3 is 24.6 Å². The summed E-state index contributed by atoms with van der Waals surface area (Å²) in [6.07, 6.45) is 0.197. The topological polar surface area (TPSA) is 71.1 Å². The number of methoxy groups -OCH3 is 1. The normalized spacial score (nSPS) is 15.8. The molecule has 3 rings (SSSR count). The van der Waals surface area contributed by atoms with Gasteiger partial charge in [0, 0.05) is 37.0 Å². The number of benzene rings is 2. The van der Waals surface area contributed by atoms with Crippen LogP contribution in [0.15, 0.2) is 36.4 Å². The molecule has 1 atom stereocenters. The molecule has 1 N–H and O–H groups in total. The first-order valence-electron chi connectivity index (χ1n) is 11.6. The summed E-state index contributed by atoms with van der Waals surface area (Å²) in [5.74, 6) is 0.590. The number of hydrogen-bond acceptors (Lipinski definition) is 5. The molecule has 0 radical (unpaired) electrons. The number of likely N-dealkylation sites (N-methyl/N-ethyl adjacent to an activating group) is 1. The number of aryl methyl sites for hydroxylation is 1. The SMILES string of the molecule is CCN(CC)CCOc1cc(NC(=O)C2CC(=O)N(c3cccc(C)c3C)C2)ccc1OC. The molecule has 0 saturated carbocycles. The highest BCUT2D eigenvalue weighted by Crippen LogP contribution is 2.32. The van der Waals surface area contributed by atoms with E-state index < -0.39 is 5.92 Å². The van der Waals surface area contributed by atoms with Gasteiger partial charge >= 0.3 is 0 Å². The van der Waals surface area contributed by atoms with Crippen LogP contribution in [0, 0.1) is 19.8 Å². The molecule has 2 aromatic rings. The molecule has 1 fully saturated rings. The fourth-order valence-corrected chi connectivity index (χ4v) is 4.08. The Morgan fingerprint density at radius 1 is 1.15 bits per heavy atom. The Labute approximate surface area is 196 Å². The van der Waals surface area contributed by atoms with Crippen LogP contribution in [0.2, 0.25) is 0 Å². The Bertz CT molecular complexity index is 987. The molecule has 178 valence electrons. The Morgan fingerprint density at radius 2 is 1.91 bits per heavy atom. The summed E-state index contributed by atoms with van der Waals surface area (Å²) in [5.41, 5.74) is 3.69. The second-order valence-corrected chi connectivity index (χ2v) is 8.35. The lowest BCUT2D eigenvalue weighted by Crippen LogP contribution is -2.28. The molecular formula is C26H35N3O4. The van der Waals surface area contributed by atoms with Gasteiger partial charge in [-0.25, -0.2) is 0 Å². The van der Waals surface area contributed by atoms with Crippen molar-refractivity contribution in [3.05, 3.63) is 47.5 Å². The smallest absolute Gasteiger partial charge is 0.229 e. The maximum atomic E-state index is 13.0. The van der Waals surface area contributed by atoms with Crippen molar-refractivity contribution in [1.82, 2.24) is 4.90 Å². The number of ether oxygens (including phenoxy) is 2. The first-order chi connectivity index (χ1) is 15.9. The average Bonchev–Trinajstić information content (AvgIpc) is 3.20. The Balaban J connectivity index is 1.66. The van der Waals surface area contributed by atoms with Gasteiger partial charge in [-0.2, -0.15) is 0 Å². The van der Waals surface area contributed by atoms with Gasteiger partial charge in [0.1, 0.15) is 6.61 Å². The van der Waals surface area contributed by atoms with E-state index >= 15 is 0 Å². The van der Waals surface area contributed by atoms with Crippen molar-refractivity contribution in [3.8, 4) is 11.5 Å². The maximum absolute atomic E-state index is 13.0. The average molecular weight is 454 g/mol. The summed E-state index contributed by atoms with van der Waals surface area (Å²) in [7, 11) is 1.59. The summed E-state index contributed by atoms with van der Waals surface area (Å²) in [5, 5.41) is 2.95. The third-order valence-electron chi connectivity index (χ3n) is 6.35. The number of carbonyl (C=O) groups excluding carboxylic acids is 2. The van der Waals surface area contributed by atoms with E-state index in [0.717, 1.165) is 36.4 Å². The van der Waals surface area contributed by atoms with Crippen LogP contribution in [0.3, 0.4) is 0 Å². The molecule has 1 aliphatic rings. The number of anilines is 2. The second-order valence-electron chi connectivity index (χ2n) is 8.35. The summed E-state index contributed by atoms with van der Waals surface area (Å²) in [6.45, 7) is 11.9. The van der Waals surface area contributed by atoms with Crippen LogP contribution < -0.4 is 19.7 Å². The monoisotopic (exact) mass is 453 g/mol. The van der Waals surface area contributed by atoms with Crippen LogP contribution in [0.4, 0.5) is 11.4 Å². The predicted molar refractivity (Wildman–Crippen MR) is 131 cm³/mol. The maximum Gasteiger partial charge on any atom is 0.229 e. The Hall–Kier alpha value is -3.06. The molecule has 1 aliphatic heterocycles. The minimum absolute atomic E-state index is 0.0287. The summed E-state index contributed by atoms with van der Waals surface area (Å²) < 4.78 is 11.4. The lowest BCUT2D eigenvalue weighted by molar-refractivity contribution is -0.122. The predicted octanol–water partition coefficient (Wildman–Crippen LogP) is 4.02. The molecule has 0 spiro atoms. The molecule has 1 unspecified atom stereocenters. The van der Waals surface area contributed by atoms with E-state index in [4.69, 9.17) is 9.47 Å². The Kier molecular flexibility index (Phi) is 8.33. The first-order valence-corrected chi connectivity index (χ1v) is 11.6. The molecule has 0 aliphatic carbocycles. The van der Waals surface area contributed by atoms with E-state index in [-0.39, 0.29) is 18.2 Å².